The third kappa shape index (κ3) is 1.92. The number of Topliss-reactive ketones (excluding diaryl/α,β-unsaturated/α-hetero) is 1. The molecule has 0 aromatic rings. The van der Waals surface area contributed by atoms with Gasteiger partial charge < -0.3 is 9.47 Å². The first kappa shape index (κ1) is 8.93. The molecule has 0 aromatic carbocycles. The summed E-state index contributed by atoms with van der Waals surface area (Å²) in [5.41, 5.74) is 0.494. The molecule has 1 aliphatic heterocycles. The summed E-state index contributed by atoms with van der Waals surface area (Å²) in [5, 5.41) is 0. The fourth-order valence-electron chi connectivity index (χ4n) is 0.957. The molecule has 1 rings (SSSR count). The molecule has 1 aliphatic rings. The van der Waals surface area contributed by atoms with Gasteiger partial charge in [0.05, 0.1) is 20.3 Å². The van der Waals surface area contributed by atoms with Gasteiger partial charge in [0.2, 0.25) is 0 Å². The van der Waals surface area contributed by atoms with E-state index in [4.69, 9.17) is 4.74 Å². The summed E-state index contributed by atoms with van der Waals surface area (Å²) < 4.78 is 9.28. The number of carbonyl (C=O) groups excluding carboxylic acids is 2. The third-order valence-corrected chi connectivity index (χ3v) is 1.63. The smallest absolute Gasteiger partial charge is 0.379 e. The van der Waals surface area contributed by atoms with Crippen LogP contribution in [0.3, 0.4) is 0 Å². The van der Waals surface area contributed by atoms with E-state index in [1.807, 2.05) is 0 Å². The van der Waals surface area contributed by atoms with Crippen LogP contribution in [0, 0.1) is 0 Å². The predicted octanol–water partition coefficient (Wildman–Crippen LogP) is 0.0752. The lowest BCUT2D eigenvalue weighted by molar-refractivity contribution is -0.150. The van der Waals surface area contributed by atoms with Gasteiger partial charge >= 0.3 is 5.97 Å². The van der Waals surface area contributed by atoms with Crippen LogP contribution in [0.2, 0.25) is 0 Å². The molecule has 0 aliphatic carbocycles. The fraction of sp³-hybridized carbons (Fsp3) is 0.500. The number of carbonyl (C=O) groups is 2. The van der Waals surface area contributed by atoms with Crippen LogP contribution in [0.1, 0.15) is 6.42 Å². The van der Waals surface area contributed by atoms with Gasteiger partial charge in [-0.05, 0) is 6.42 Å². The normalized spacial score (nSPS) is 16.6. The Bertz CT molecular complexity index is 229. The van der Waals surface area contributed by atoms with Gasteiger partial charge in [-0.1, -0.05) is 6.08 Å². The number of esters is 1. The van der Waals surface area contributed by atoms with Crippen molar-refractivity contribution in [3.8, 4) is 0 Å². The van der Waals surface area contributed by atoms with E-state index >= 15 is 0 Å². The van der Waals surface area contributed by atoms with Gasteiger partial charge in [-0.15, -0.1) is 0 Å². The van der Waals surface area contributed by atoms with Gasteiger partial charge in [0.25, 0.3) is 5.78 Å². The van der Waals surface area contributed by atoms with Gasteiger partial charge in [-0.3, -0.25) is 4.79 Å². The predicted molar refractivity (Wildman–Crippen MR) is 40.5 cm³/mol. The zero-order valence-corrected chi connectivity index (χ0v) is 6.83. The summed E-state index contributed by atoms with van der Waals surface area (Å²) >= 11 is 0. The van der Waals surface area contributed by atoms with E-state index in [0.717, 1.165) is 0 Å². The molecular formula is C8H10O4. The summed E-state index contributed by atoms with van der Waals surface area (Å²) in [6.45, 7) is 0.895. The molecule has 1 heterocycles. The molecule has 66 valence electrons. The zero-order chi connectivity index (χ0) is 8.97. The standard InChI is InChI=1S/C8H10O4/c1-11-8(10)7(9)6-2-4-12-5-3-6/h2H,3-5H2,1H3. The van der Waals surface area contributed by atoms with E-state index in [9.17, 15) is 9.59 Å². The lowest BCUT2D eigenvalue weighted by Crippen LogP contribution is -2.21. The minimum Gasteiger partial charge on any atom is -0.463 e. The fourth-order valence-corrected chi connectivity index (χ4v) is 0.957. The molecular weight excluding hydrogens is 160 g/mol. The van der Waals surface area contributed by atoms with Crippen LogP contribution in [0.4, 0.5) is 0 Å². The van der Waals surface area contributed by atoms with Crippen LogP contribution in [0.5, 0.6) is 0 Å². The summed E-state index contributed by atoms with van der Waals surface area (Å²) in [7, 11) is 1.19. The zero-order valence-electron chi connectivity index (χ0n) is 6.83. The van der Waals surface area contributed by atoms with Crippen molar-refractivity contribution in [2.75, 3.05) is 20.3 Å². The molecule has 0 unspecified atom stereocenters. The second-order valence-electron chi connectivity index (χ2n) is 2.37. The summed E-state index contributed by atoms with van der Waals surface area (Å²) in [5.74, 6) is -1.36. The molecule has 0 saturated carbocycles. The quantitative estimate of drug-likeness (QED) is 0.435. The number of hydrogen-bond acceptors (Lipinski definition) is 4. The van der Waals surface area contributed by atoms with Gasteiger partial charge in [0.15, 0.2) is 0 Å². The van der Waals surface area contributed by atoms with Crippen molar-refractivity contribution < 1.29 is 19.1 Å². The molecule has 0 saturated heterocycles. The van der Waals surface area contributed by atoms with Gasteiger partial charge in [-0.25, -0.2) is 4.79 Å². The van der Waals surface area contributed by atoms with Gasteiger partial charge in [-0.2, -0.15) is 0 Å². The highest BCUT2D eigenvalue weighted by Crippen LogP contribution is 2.09. The summed E-state index contributed by atoms with van der Waals surface area (Å²) in [6.07, 6.45) is 2.11. The summed E-state index contributed by atoms with van der Waals surface area (Å²) in [4.78, 5) is 21.9. The van der Waals surface area contributed by atoms with E-state index in [0.29, 0.717) is 25.2 Å². The molecule has 0 atom stereocenters. The van der Waals surface area contributed by atoms with E-state index in [1.165, 1.54) is 7.11 Å². The van der Waals surface area contributed by atoms with Crippen LogP contribution >= 0.6 is 0 Å². The number of hydrogen-bond donors (Lipinski definition) is 0. The SMILES string of the molecule is COC(=O)C(=O)C1=CCOCC1. The first-order chi connectivity index (χ1) is 5.75. The maximum Gasteiger partial charge on any atom is 0.379 e. The lowest BCUT2D eigenvalue weighted by atomic mass is 10.1. The second-order valence-corrected chi connectivity index (χ2v) is 2.37. The Labute approximate surface area is 70.1 Å². The van der Waals surface area contributed by atoms with Crippen LogP contribution in [0.25, 0.3) is 0 Å². The first-order valence-electron chi connectivity index (χ1n) is 3.65. The Morgan fingerprint density at radius 3 is 2.83 bits per heavy atom. The highest BCUT2D eigenvalue weighted by molar-refractivity contribution is 6.40. The topological polar surface area (TPSA) is 52.6 Å². The first-order valence-corrected chi connectivity index (χ1v) is 3.65. The van der Waals surface area contributed by atoms with Gasteiger partial charge in [0, 0.05) is 5.57 Å². The molecule has 0 fully saturated rings. The minimum absolute atomic E-state index is 0.401. The molecule has 0 amide bonds. The highest BCUT2D eigenvalue weighted by atomic mass is 16.5. The molecule has 0 radical (unpaired) electrons. The maximum atomic E-state index is 11.1. The monoisotopic (exact) mass is 170 g/mol. The Balaban J connectivity index is 2.62. The molecule has 0 aromatic heterocycles. The van der Waals surface area contributed by atoms with Crippen molar-refractivity contribution in [2.24, 2.45) is 0 Å². The Morgan fingerprint density at radius 2 is 2.33 bits per heavy atom. The van der Waals surface area contributed by atoms with Crippen molar-refractivity contribution in [3.63, 3.8) is 0 Å². The number of methoxy groups -OCH3 is 1. The lowest BCUT2D eigenvalue weighted by Gasteiger charge is -2.10. The minimum atomic E-state index is -0.803. The van der Waals surface area contributed by atoms with Crippen LogP contribution in [-0.4, -0.2) is 32.1 Å². The van der Waals surface area contributed by atoms with Crippen LogP contribution in [-0.2, 0) is 19.1 Å². The second kappa shape index (κ2) is 4.01. The van der Waals surface area contributed by atoms with Crippen LogP contribution in [0.15, 0.2) is 11.6 Å². The number of rotatable bonds is 2. The van der Waals surface area contributed by atoms with Crippen molar-refractivity contribution in [3.05, 3.63) is 11.6 Å². The van der Waals surface area contributed by atoms with Crippen molar-refractivity contribution in [1.29, 1.82) is 0 Å². The van der Waals surface area contributed by atoms with E-state index < -0.39 is 11.8 Å². The van der Waals surface area contributed by atoms with E-state index in [-0.39, 0.29) is 0 Å². The summed E-state index contributed by atoms with van der Waals surface area (Å²) in [6, 6.07) is 0. The van der Waals surface area contributed by atoms with Crippen LogP contribution < -0.4 is 0 Å². The van der Waals surface area contributed by atoms with Crippen molar-refractivity contribution >= 4 is 11.8 Å². The Morgan fingerprint density at radius 1 is 1.58 bits per heavy atom. The molecule has 0 spiro atoms. The molecule has 12 heavy (non-hydrogen) atoms. The number of ether oxygens (including phenoxy) is 2. The van der Waals surface area contributed by atoms with Crippen molar-refractivity contribution in [2.45, 2.75) is 6.42 Å². The molecule has 0 bridgehead atoms. The maximum absolute atomic E-state index is 11.1. The Hall–Kier alpha value is -1.16. The number of ketones is 1. The van der Waals surface area contributed by atoms with Crippen molar-refractivity contribution in [1.82, 2.24) is 0 Å². The van der Waals surface area contributed by atoms with E-state index in [1.54, 1.807) is 6.08 Å². The highest BCUT2D eigenvalue weighted by Gasteiger charge is 2.20. The van der Waals surface area contributed by atoms with E-state index in [2.05, 4.69) is 4.74 Å². The average Bonchev–Trinajstić information content (AvgIpc) is 2.17. The third-order valence-electron chi connectivity index (χ3n) is 1.63. The molecule has 4 nitrogen and oxygen atoms in total. The molecule has 4 heteroatoms. The molecule has 0 N–H and O–H groups in total. The Kier molecular flexibility index (Phi) is 2.99. The van der Waals surface area contributed by atoms with Gasteiger partial charge in [0.1, 0.15) is 0 Å². The average molecular weight is 170 g/mol. The largest absolute Gasteiger partial charge is 0.463 e.